The van der Waals surface area contributed by atoms with E-state index in [9.17, 15) is 14.7 Å². The molecule has 0 heterocycles. The van der Waals surface area contributed by atoms with Gasteiger partial charge in [-0.1, -0.05) is 52.7 Å². The Morgan fingerprint density at radius 3 is 2.59 bits per heavy atom. The first kappa shape index (κ1) is 21.5. The van der Waals surface area contributed by atoms with Crippen molar-refractivity contribution in [1.29, 1.82) is 0 Å². The summed E-state index contributed by atoms with van der Waals surface area (Å²) in [6, 6.07) is 0. The number of allylic oxidation sites excluding steroid dienone is 1. The van der Waals surface area contributed by atoms with Gasteiger partial charge in [-0.25, -0.2) is 0 Å². The standard InChI is InChI=1S/C25H38O3S/c1-15(2)8-9-29-14-24-12-19-17(5)6-7-20(19)23(13-26)11-18(24)10-21(16(3)4)25(23,24)22(27)28/h10,13,15-20H,6-9,11-12,14H2,1-5H3,(H,27,28). The van der Waals surface area contributed by atoms with Crippen LogP contribution in [-0.2, 0) is 9.59 Å². The largest absolute Gasteiger partial charge is 0.481 e. The zero-order valence-corrected chi connectivity index (χ0v) is 19.6. The number of carbonyl (C=O) groups excluding carboxylic acids is 1. The van der Waals surface area contributed by atoms with Crippen LogP contribution in [0.1, 0.15) is 66.7 Å². The van der Waals surface area contributed by atoms with Crippen LogP contribution in [0.3, 0.4) is 0 Å². The molecule has 0 aromatic rings. The maximum absolute atomic E-state index is 13.3. The summed E-state index contributed by atoms with van der Waals surface area (Å²) in [7, 11) is 0. The molecular formula is C25H38O3S. The molecule has 3 fully saturated rings. The second-order valence-corrected chi connectivity index (χ2v) is 12.3. The van der Waals surface area contributed by atoms with Gasteiger partial charge >= 0.3 is 5.97 Å². The highest BCUT2D eigenvalue weighted by atomic mass is 32.2. The van der Waals surface area contributed by atoms with Crippen molar-refractivity contribution in [3.8, 4) is 0 Å². The van der Waals surface area contributed by atoms with Crippen LogP contribution in [0, 0.1) is 51.8 Å². The summed E-state index contributed by atoms with van der Waals surface area (Å²) in [5, 5.41) is 10.9. The number of hydrogen-bond acceptors (Lipinski definition) is 3. The number of carbonyl (C=O) groups is 2. The van der Waals surface area contributed by atoms with Gasteiger partial charge in [0.15, 0.2) is 0 Å². The number of aldehydes is 1. The van der Waals surface area contributed by atoms with Gasteiger partial charge in [0.2, 0.25) is 0 Å². The van der Waals surface area contributed by atoms with Crippen LogP contribution in [0.4, 0.5) is 0 Å². The number of carboxylic acids is 1. The van der Waals surface area contributed by atoms with Crippen LogP contribution < -0.4 is 0 Å². The molecule has 4 heteroatoms. The molecule has 1 N–H and O–H groups in total. The molecule has 0 radical (unpaired) electrons. The summed E-state index contributed by atoms with van der Waals surface area (Å²) in [5.41, 5.74) is -0.919. The van der Waals surface area contributed by atoms with Crippen LogP contribution in [0.5, 0.6) is 0 Å². The molecule has 0 aromatic heterocycles. The van der Waals surface area contributed by atoms with Crippen molar-refractivity contribution in [2.45, 2.75) is 66.7 Å². The number of fused-ring (bicyclic) bond motifs is 2. The molecule has 3 nitrogen and oxygen atoms in total. The normalized spacial score (nSPS) is 45.0. The van der Waals surface area contributed by atoms with E-state index in [1.165, 1.54) is 0 Å². The van der Waals surface area contributed by atoms with Gasteiger partial charge in [-0.2, -0.15) is 11.8 Å². The Morgan fingerprint density at radius 2 is 2.00 bits per heavy atom. The van der Waals surface area contributed by atoms with E-state index in [-0.39, 0.29) is 23.2 Å². The number of aliphatic carboxylic acids is 1. The lowest BCUT2D eigenvalue weighted by Crippen LogP contribution is -2.63. The summed E-state index contributed by atoms with van der Waals surface area (Å²) in [5.74, 6) is 3.67. The Balaban J connectivity index is 1.84. The topological polar surface area (TPSA) is 54.4 Å². The molecule has 0 saturated heterocycles. The van der Waals surface area contributed by atoms with Crippen molar-refractivity contribution in [2.24, 2.45) is 51.8 Å². The van der Waals surface area contributed by atoms with E-state index in [0.29, 0.717) is 17.8 Å². The fourth-order valence-electron chi connectivity index (χ4n) is 8.21. The predicted molar refractivity (Wildman–Crippen MR) is 119 cm³/mol. The van der Waals surface area contributed by atoms with Crippen molar-refractivity contribution in [1.82, 2.24) is 0 Å². The Morgan fingerprint density at radius 1 is 1.28 bits per heavy atom. The molecule has 162 valence electrons. The Kier molecular flexibility index (Phi) is 5.28. The van der Waals surface area contributed by atoms with Gasteiger partial charge in [0.05, 0.1) is 5.41 Å². The Bertz CT molecular complexity index is 728. The molecule has 29 heavy (non-hydrogen) atoms. The molecule has 0 aliphatic heterocycles. The van der Waals surface area contributed by atoms with Crippen LogP contribution in [-0.4, -0.2) is 28.9 Å². The average molecular weight is 419 g/mol. The van der Waals surface area contributed by atoms with E-state index in [1.54, 1.807) is 0 Å². The van der Waals surface area contributed by atoms with E-state index >= 15 is 0 Å². The quantitative estimate of drug-likeness (QED) is 0.312. The molecule has 7 atom stereocenters. The lowest BCUT2D eigenvalue weighted by molar-refractivity contribution is -0.177. The summed E-state index contributed by atoms with van der Waals surface area (Å²) < 4.78 is 0. The van der Waals surface area contributed by atoms with Crippen molar-refractivity contribution in [2.75, 3.05) is 11.5 Å². The molecule has 7 unspecified atom stereocenters. The van der Waals surface area contributed by atoms with Gasteiger partial charge in [-0.05, 0) is 66.9 Å². The molecule has 0 spiro atoms. The highest BCUT2D eigenvalue weighted by molar-refractivity contribution is 7.99. The SMILES string of the molecule is CC(C)CCSCC12CC3C(C)CCC3C3(C=O)CC1C=C(C(C)C)C32C(=O)O. The maximum atomic E-state index is 13.3. The smallest absolute Gasteiger partial charge is 0.315 e. The van der Waals surface area contributed by atoms with E-state index in [2.05, 4.69) is 40.7 Å². The first-order valence-corrected chi connectivity index (χ1v) is 12.8. The molecule has 4 rings (SSSR count). The fraction of sp³-hybridized carbons (Fsp3) is 0.840. The zero-order valence-electron chi connectivity index (χ0n) is 18.7. The number of carboxylic acid groups (broad SMARTS) is 1. The summed E-state index contributed by atoms with van der Waals surface area (Å²) in [4.78, 5) is 26.2. The first-order valence-electron chi connectivity index (χ1n) is 11.7. The molecule has 0 amide bonds. The van der Waals surface area contributed by atoms with Crippen LogP contribution in [0.15, 0.2) is 11.6 Å². The third kappa shape index (κ3) is 2.50. The van der Waals surface area contributed by atoms with Gasteiger partial charge in [0, 0.05) is 11.2 Å². The predicted octanol–water partition coefficient (Wildman–Crippen LogP) is 5.69. The second-order valence-electron chi connectivity index (χ2n) is 11.2. The van der Waals surface area contributed by atoms with E-state index in [4.69, 9.17) is 0 Å². The van der Waals surface area contributed by atoms with Gasteiger partial charge in [0.25, 0.3) is 0 Å². The molecule has 3 saturated carbocycles. The minimum atomic E-state index is -0.989. The highest BCUT2D eigenvalue weighted by Gasteiger charge is 2.83. The molecular weight excluding hydrogens is 380 g/mol. The molecule has 4 aliphatic carbocycles. The van der Waals surface area contributed by atoms with Crippen molar-refractivity contribution in [3.63, 3.8) is 0 Å². The fourth-order valence-corrected chi connectivity index (χ4v) is 9.90. The van der Waals surface area contributed by atoms with Crippen molar-refractivity contribution >= 4 is 24.0 Å². The minimum absolute atomic E-state index is 0.172. The lowest BCUT2D eigenvalue weighted by Gasteiger charge is -2.58. The zero-order chi connectivity index (χ0) is 21.2. The summed E-state index contributed by atoms with van der Waals surface area (Å²) in [6.45, 7) is 11.1. The molecule has 0 aromatic carbocycles. The third-order valence-electron chi connectivity index (χ3n) is 9.32. The lowest BCUT2D eigenvalue weighted by atomic mass is 9.43. The Hall–Kier alpha value is -0.770. The second kappa shape index (κ2) is 7.14. The number of rotatable bonds is 8. The van der Waals surface area contributed by atoms with Gasteiger partial charge in [0.1, 0.15) is 11.7 Å². The van der Waals surface area contributed by atoms with E-state index < -0.39 is 16.8 Å². The molecule has 4 bridgehead atoms. The summed E-state index contributed by atoms with van der Waals surface area (Å²) >= 11 is 1.95. The van der Waals surface area contributed by atoms with Crippen LogP contribution in [0.25, 0.3) is 0 Å². The summed E-state index contributed by atoms with van der Waals surface area (Å²) in [6.07, 6.45) is 8.53. The van der Waals surface area contributed by atoms with Crippen LogP contribution in [0.2, 0.25) is 0 Å². The number of thioether (sulfide) groups is 1. The van der Waals surface area contributed by atoms with Gasteiger partial charge in [-0.3, -0.25) is 4.79 Å². The van der Waals surface area contributed by atoms with Crippen molar-refractivity contribution in [3.05, 3.63) is 11.6 Å². The molecule has 4 aliphatic rings. The number of hydrogen-bond donors (Lipinski definition) is 1. The average Bonchev–Trinajstić information content (AvgIpc) is 3.22. The Labute approximate surface area is 180 Å². The van der Waals surface area contributed by atoms with Crippen LogP contribution >= 0.6 is 11.8 Å². The van der Waals surface area contributed by atoms with E-state index in [1.807, 2.05) is 11.8 Å². The van der Waals surface area contributed by atoms with Crippen molar-refractivity contribution < 1.29 is 14.7 Å². The van der Waals surface area contributed by atoms with Gasteiger partial charge < -0.3 is 9.90 Å². The monoisotopic (exact) mass is 418 g/mol. The third-order valence-corrected chi connectivity index (χ3v) is 10.6. The highest BCUT2D eigenvalue weighted by Crippen LogP contribution is 2.83. The first-order chi connectivity index (χ1) is 13.7. The minimum Gasteiger partial charge on any atom is -0.481 e. The van der Waals surface area contributed by atoms with Gasteiger partial charge in [-0.15, -0.1) is 0 Å². The van der Waals surface area contributed by atoms with E-state index in [0.717, 1.165) is 55.5 Å². The maximum Gasteiger partial charge on any atom is 0.315 e.